The highest BCUT2D eigenvalue weighted by molar-refractivity contribution is 5.84. The Morgan fingerprint density at radius 1 is 0.783 bits per heavy atom. The summed E-state index contributed by atoms with van der Waals surface area (Å²) < 4.78 is 0. The molecule has 120 valence electrons. The highest BCUT2D eigenvalue weighted by atomic mass is 16.3. The first-order valence-corrected chi connectivity index (χ1v) is 8.43. The summed E-state index contributed by atoms with van der Waals surface area (Å²) in [5.41, 5.74) is 6.66. The molecular weight excluding hydrogens is 284 g/mol. The molecule has 0 aliphatic heterocycles. The van der Waals surface area contributed by atoms with Gasteiger partial charge in [0.15, 0.2) is 0 Å². The van der Waals surface area contributed by atoms with Gasteiger partial charge in [0.1, 0.15) is 0 Å². The molecule has 0 radical (unpaired) electrons. The molecule has 1 saturated carbocycles. The molecule has 3 rings (SSSR count). The zero-order chi connectivity index (χ0) is 16.1. The standard InChI is InChI=1S/C21H24O2/c22-14-12-17(13-15-23)16-6-8-19(9-7-16)21(20-10-11-20)18-4-2-1-3-5-18/h1-9,17,22-23H,10-15H2. The van der Waals surface area contributed by atoms with Gasteiger partial charge in [-0.15, -0.1) is 0 Å². The van der Waals surface area contributed by atoms with Crippen LogP contribution >= 0.6 is 0 Å². The summed E-state index contributed by atoms with van der Waals surface area (Å²) in [6, 6.07) is 19.3. The summed E-state index contributed by atoms with van der Waals surface area (Å²) in [5.74, 6) is 0.229. The lowest BCUT2D eigenvalue weighted by Gasteiger charge is -2.16. The van der Waals surface area contributed by atoms with Crippen molar-refractivity contribution in [2.75, 3.05) is 13.2 Å². The van der Waals surface area contributed by atoms with Crippen molar-refractivity contribution in [1.82, 2.24) is 0 Å². The molecule has 2 aromatic rings. The summed E-state index contributed by atoms with van der Waals surface area (Å²) >= 11 is 0. The number of allylic oxidation sites excluding steroid dienone is 1. The summed E-state index contributed by atoms with van der Waals surface area (Å²) in [4.78, 5) is 0. The lowest BCUT2D eigenvalue weighted by molar-refractivity contribution is 0.242. The monoisotopic (exact) mass is 308 g/mol. The van der Waals surface area contributed by atoms with E-state index in [9.17, 15) is 10.2 Å². The molecule has 1 aliphatic rings. The molecule has 23 heavy (non-hydrogen) atoms. The molecule has 0 unspecified atom stereocenters. The van der Waals surface area contributed by atoms with E-state index < -0.39 is 0 Å². The van der Waals surface area contributed by atoms with Crippen molar-refractivity contribution in [1.29, 1.82) is 0 Å². The van der Waals surface area contributed by atoms with E-state index in [1.165, 1.54) is 40.7 Å². The summed E-state index contributed by atoms with van der Waals surface area (Å²) in [6.07, 6.45) is 3.80. The Morgan fingerprint density at radius 2 is 1.35 bits per heavy atom. The van der Waals surface area contributed by atoms with E-state index in [4.69, 9.17) is 0 Å². The van der Waals surface area contributed by atoms with Gasteiger partial charge in [0, 0.05) is 13.2 Å². The molecule has 2 heteroatoms. The molecule has 2 aromatic carbocycles. The van der Waals surface area contributed by atoms with Crippen molar-refractivity contribution < 1.29 is 10.2 Å². The van der Waals surface area contributed by atoms with E-state index in [1.807, 2.05) is 0 Å². The highest BCUT2D eigenvalue weighted by Gasteiger charge is 2.20. The van der Waals surface area contributed by atoms with Crippen LogP contribution in [0.1, 0.15) is 48.3 Å². The van der Waals surface area contributed by atoms with Gasteiger partial charge in [0.25, 0.3) is 0 Å². The maximum atomic E-state index is 9.21. The zero-order valence-corrected chi connectivity index (χ0v) is 13.4. The van der Waals surface area contributed by atoms with Crippen molar-refractivity contribution in [2.45, 2.75) is 31.6 Å². The van der Waals surface area contributed by atoms with Gasteiger partial charge in [0.2, 0.25) is 0 Å². The van der Waals surface area contributed by atoms with Gasteiger partial charge in [0.05, 0.1) is 0 Å². The minimum absolute atomic E-state index is 0.158. The number of aliphatic hydroxyl groups excluding tert-OH is 2. The minimum Gasteiger partial charge on any atom is -0.396 e. The van der Waals surface area contributed by atoms with Crippen LogP contribution in [-0.2, 0) is 0 Å². The van der Waals surface area contributed by atoms with Gasteiger partial charge >= 0.3 is 0 Å². The smallest absolute Gasteiger partial charge is 0.0436 e. The fourth-order valence-corrected chi connectivity index (χ4v) is 3.20. The third-order valence-corrected chi connectivity index (χ3v) is 4.54. The Bertz CT molecular complexity index is 644. The van der Waals surface area contributed by atoms with Crippen molar-refractivity contribution in [3.8, 4) is 0 Å². The molecule has 2 N–H and O–H groups in total. The van der Waals surface area contributed by atoms with Crippen molar-refractivity contribution in [2.24, 2.45) is 0 Å². The second-order valence-electron chi connectivity index (χ2n) is 6.19. The largest absolute Gasteiger partial charge is 0.396 e. The van der Waals surface area contributed by atoms with Crippen LogP contribution in [0.2, 0.25) is 0 Å². The topological polar surface area (TPSA) is 40.5 Å². The first kappa shape index (κ1) is 16.0. The van der Waals surface area contributed by atoms with Crippen LogP contribution in [0.5, 0.6) is 0 Å². The van der Waals surface area contributed by atoms with Gasteiger partial charge in [-0.1, -0.05) is 60.2 Å². The molecule has 0 atom stereocenters. The van der Waals surface area contributed by atoms with E-state index in [0.717, 1.165) is 0 Å². The van der Waals surface area contributed by atoms with Gasteiger partial charge in [-0.25, -0.2) is 0 Å². The molecule has 0 spiro atoms. The third kappa shape index (κ3) is 3.90. The Morgan fingerprint density at radius 3 is 1.87 bits per heavy atom. The van der Waals surface area contributed by atoms with Crippen LogP contribution in [0.4, 0.5) is 0 Å². The first-order valence-electron chi connectivity index (χ1n) is 8.43. The van der Waals surface area contributed by atoms with Crippen molar-refractivity contribution in [3.63, 3.8) is 0 Å². The van der Waals surface area contributed by atoms with Crippen molar-refractivity contribution >= 4 is 5.57 Å². The summed E-state index contributed by atoms with van der Waals surface area (Å²) in [6.45, 7) is 0.317. The van der Waals surface area contributed by atoms with Gasteiger partial charge in [-0.3, -0.25) is 0 Å². The average molecular weight is 308 g/mol. The first-order chi connectivity index (χ1) is 11.3. The number of benzene rings is 2. The molecule has 1 aliphatic carbocycles. The third-order valence-electron chi connectivity index (χ3n) is 4.54. The number of hydrogen-bond donors (Lipinski definition) is 2. The average Bonchev–Trinajstić information content (AvgIpc) is 3.42. The fourth-order valence-electron chi connectivity index (χ4n) is 3.20. The second kappa shape index (κ2) is 7.58. The SMILES string of the molecule is OCCC(CCO)c1ccc(C(=C2CC2)c2ccccc2)cc1. The Balaban J connectivity index is 1.88. The molecule has 0 aromatic heterocycles. The maximum absolute atomic E-state index is 9.21. The van der Waals surface area contributed by atoms with E-state index in [-0.39, 0.29) is 19.1 Å². The van der Waals surface area contributed by atoms with E-state index >= 15 is 0 Å². The van der Waals surface area contributed by atoms with Crippen LogP contribution in [0.15, 0.2) is 60.2 Å². The Hall–Kier alpha value is -1.90. The van der Waals surface area contributed by atoms with Gasteiger partial charge in [-0.05, 0) is 53.9 Å². The van der Waals surface area contributed by atoms with Gasteiger partial charge < -0.3 is 10.2 Å². The fraction of sp³-hybridized carbons (Fsp3) is 0.333. The molecule has 0 saturated heterocycles. The van der Waals surface area contributed by atoms with Crippen LogP contribution in [0.3, 0.4) is 0 Å². The van der Waals surface area contributed by atoms with Crippen LogP contribution in [-0.4, -0.2) is 23.4 Å². The number of hydrogen-bond acceptors (Lipinski definition) is 2. The Labute approximate surface area is 138 Å². The minimum atomic E-state index is 0.158. The maximum Gasteiger partial charge on any atom is 0.0436 e. The molecule has 2 nitrogen and oxygen atoms in total. The summed E-state index contributed by atoms with van der Waals surface area (Å²) in [7, 11) is 0. The van der Waals surface area contributed by atoms with Crippen LogP contribution in [0, 0.1) is 0 Å². The van der Waals surface area contributed by atoms with Crippen molar-refractivity contribution in [3.05, 3.63) is 76.9 Å². The predicted octanol–water partition coefficient (Wildman–Crippen LogP) is 4.13. The number of aliphatic hydroxyl groups is 2. The molecule has 0 amide bonds. The quantitative estimate of drug-likeness (QED) is 0.807. The van der Waals surface area contributed by atoms with E-state index in [2.05, 4.69) is 54.6 Å². The highest BCUT2D eigenvalue weighted by Crippen LogP contribution is 2.40. The second-order valence-corrected chi connectivity index (χ2v) is 6.19. The van der Waals surface area contributed by atoms with Crippen LogP contribution < -0.4 is 0 Å². The molecule has 1 fully saturated rings. The molecular formula is C21H24O2. The lowest BCUT2D eigenvalue weighted by atomic mass is 9.90. The summed E-state index contributed by atoms with van der Waals surface area (Å²) in [5, 5.41) is 18.4. The lowest BCUT2D eigenvalue weighted by Crippen LogP contribution is -2.04. The predicted molar refractivity (Wildman–Crippen MR) is 94.3 cm³/mol. The van der Waals surface area contributed by atoms with Gasteiger partial charge in [-0.2, -0.15) is 0 Å². The molecule has 0 heterocycles. The number of rotatable bonds is 7. The molecule has 0 bridgehead atoms. The zero-order valence-electron chi connectivity index (χ0n) is 13.4. The Kier molecular flexibility index (Phi) is 5.27. The van der Waals surface area contributed by atoms with E-state index in [1.54, 1.807) is 0 Å². The van der Waals surface area contributed by atoms with E-state index in [0.29, 0.717) is 12.8 Å². The van der Waals surface area contributed by atoms with Crippen LogP contribution in [0.25, 0.3) is 5.57 Å². The normalized spacial score (nSPS) is 13.4.